The summed E-state index contributed by atoms with van der Waals surface area (Å²) in [5.74, 6) is -1.86. The van der Waals surface area contributed by atoms with E-state index in [0.29, 0.717) is 7.14 Å². The number of hydrogen-bond donors (Lipinski definition) is 6. The zero-order valence-electron chi connectivity index (χ0n) is 17.2. The smallest absolute Gasteiger partial charge is 0.255 e. The van der Waals surface area contributed by atoms with Crippen molar-refractivity contribution in [2.45, 2.75) is 12.2 Å². The van der Waals surface area contributed by atoms with Crippen LogP contribution in [0.3, 0.4) is 0 Å². The molecule has 0 aliphatic rings. The van der Waals surface area contributed by atoms with Crippen molar-refractivity contribution in [1.29, 1.82) is 0 Å². The molecule has 0 saturated heterocycles. The summed E-state index contributed by atoms with van der Waals surface area (Å²) in [6, 6.07) is 0. The van der Waals surface area contributed by atoms with Crippen LogP contribution < -0.4 is 10.2 Å². The maximum absolute atomic E-state index is 13.2. The van der Waals surface area contributed by atoms with E-state index < -0.39 is 49.8 Å². The molecule has 3 amide bonds. The molecule has 1 rings (SSSR count). The summed E-state index contributed by atoms with van der Waals surface area (Å²) in [6.45, 7) is -2.29. The molecule has 2 unspecified atom stereocenters. The van der Waals surface area contributed by atoms with E-state index in [-0.39, 0.29) is 33.5 Å². The standard InChI is InChI=1S/C18H24I3N3O8/c1-23(4-9(29)6-26)18(32)12-13(19)11(17(31)22-3-8(28)5-25)14(20)16(15(12)21)24(2)10(30)7-27/h8-9,25-29H,3-7H2,1-2H3,(H,22,31). The Morgan fingerprint density at radius 2 is 1.44 bits per heavy atom. The molecule has 0 aliphatic carbocycles. The molecule has 1 aromatic rings. The minimum atomic E-state index is -1.18. The average Bonchev–Trinajstić information content (AvgIpc) is 2.75. The predicted molar refractivity (Wildman–Crippen MR) is 141 cm³/mol. The third-order valence-electron chi connectivity index (χ3n) is 4.33. The Labute approximate surface area is 225 Å². The molecule has 14 heteroatoms. The molecular formula is C18H24I3N3O8. The van der Waals surface area contributed by atoms with Crippen LogP contribution in [0.15, 0.2) is 0 Å². The van der Waals surface area contributed by atoms with Gasteiger partial charge in [0.15, 0.2) is 0 Å². The first kappa shape index (κ1) is 29.7. The Balaban J connectivity index is 3.69. The van der Waals surface area contributed by atoms with Gasteiger partial charge in [-0.05, 0) is 67.8 Å². The van der Waals surface area contributed by atoms with E-state index in [2.05, 4.69) is 5.32 Å². The molecule has 32 heavy (non-hydrogen) atoms. The lowest BCUT2D eigenvalue weighted by molar-refractivity contribution is -0.121. The average molecular weight is 791 g/mol. The number of anilines is 1. The molecule has 0 aliphatic heterocycles. The fraction of sp³-hybridized carbons (Fsp3) is 0.500. The highest BCUT2D eigenvalue weighted by Crippen LogP contribution is 2.38. The number of rotatable bonds is 10. The van der Waals surface area contributed by atoms with E-state index in [9.17, 15) is 29.7 Å². The Hall–Kier alpha value is -0.380. The third-order valence-corrected chi connectivity index (χ3v) is 7.51. The molecule has 0 fully saturated rings. The first-order valence-corrected chi connectivity index (χ1v) is 12.4. The summed E-state index contributed by atoms with van der Waals surface area (Å²) < 4.78 is 0.964. The van der Waals surface area contributed by atoms with Gasteiger partial charge in [0, 0.05) is 30.8 Å². The summed E-state index contributed by atoms with van der Waals surface area (Å²) >= 11 is 5.58. The van der Waals surface area contributed by atoms with Gasteiger partial charge in [-0.1, -0.05) is 0 Å². The van der Waals surface area contributed by atoms with Gasteiger partial charge in [-0.15, -0.1) is 0 Å². The summed E-state index contributed by atoms with van der Waals surface area (Å²) in [4.78, 5) is 40.7. The van der Waals surface area contributed by atoms with Crippen LogP contribution in [0.5, 0.6) is 0 Å². The van der Waals surface area contributed by atoms with Crippen molar-refractivity contribution in [2.75, 3.05) is 51.9 Å². The number of likely N-dealkylation sites (N-methyl/N-ethyl adjacent to an activating group) is 2. The Morgan fingerprint density at radius 1 is 0.906 bits per heavy atom. The van der Waals surface area contributed by atoms with Gasteiger partial charge < -0.3 is 40.6 Å². The Kier molecular flexibility index (Phi) is 12.5. The molecular weight excluding hydrogens is 767 g/mol. The largest absolute Gasteiger partial charge is 0.394 e. The number of carbonyl (C=O) groups is 3. The van der Waals surface area contributed by atoms with E-state index in [1.165, 1.54) is 19.0 Å². The fourth-order valence-corrected chi connectivity index (χ4v) is 7.42. The van der Waals surface area contributed by atoms with Crippen molar-refractivity contribution < 1.29 is 39.9 Å². The molecule has 0 saturated carbocycles. The molecule has 180 valence electrons. The zero-order valence-corrected chi connectivity index (χ0v) is 23.7. The van der Waals surface area contributed by atoms with Gasteiger partial charge in [-0.25, -0.2) is 0 Å². The Bertz CT molecular complexity index is 871. The van der Waals surface area contributed by atoms with Gasteiger partial charge in [0.1, 0.15) is 6.61 Å². The number of amides is 3. The van der Waals surface area contributed by atoms with Crippen molar-refractivity contribution in [1.82, 2.24) is 10.2 Å². The molecule has 2 atom stereocenters. The number of halogens is 3. The topological polar surface area (TPSA) is 171 Å². The normalized spacial score (nSPS) is 12.8. The number of aliphatic hydroxyl groups excluding tert-OH is 5. The highest BCUT2D eigenvalue weighted by Gasteiger charge is 2.32. The first-order valence-electron chi connectivity index (χ1n) is 9.12. The number of aliphatic hydroxyl groups is 5. The van der Waals surface area contributed by atoms with Crippen LogP contribution in [-0.2, 0) is 4.79 Å². The molecule has 1 aromatic carbocycles. The van der Waals surface area contributed by atoms with Crippen LogP contribution in [0.2, 0.25) is 0 Å². The van der Waals surface area contributed by atoms with Crippen LogP contribution in [0.4, 0.5) is 5.69 Å². The minimum Gasteiger partial charge on any atom is -0.394 e. The van der Waals surface area contributed by atoms with E-state index in [1.807, 2.05) is 67.8 Å². The van der Waals surface area contributed by atoms with Crippen LogP contribution >= 0.6 is 67.8 Å². The van der Waals surface area contributed by atoms with E-state index >= 15 is 0 Å². The van der Waals surface area contributed by atoms with Crippen molar-refractivity contribution in [3.63, 3.8) is 0 Å². The second-order valence-corrected chi connectivity index (χ2v) is 9.96. The lowest BCUT2D eigenvalue weighted by Gasteiger charge is -2.27. The highest BCUT2D eigenvalue weighted by atomic mass is 127. The first-order chi connectivity index (χ1) is 14.9. The Morgan fingerprint density at radius 3 is 1.94 bits per heavy atom. The minimum absolute atomic E-state index is 0.0730. The van der Waals surface area contributed by atoms with Gasteiger partial charge in [-0.2, -0.15) is 0 Å². The van der Waals surface area contributed by atoms with Crippen molar-refractivity contribution in [3.05, 3.63) is 21.8 Å². The quantitative estimate of drug-likeness (QED) is 0.164. The molecule has 0 heterocycles. The van der Waals surface area contributed by atoms with Crippen molar-refractivity contribution in [2.24, 2.45) is 0 Å². The van der Waals surface area contributed by atoms with Crippen LogP contribution in [0, 0.1) is 10.7 Å². The summed E-state index contributed by atoms with van der Waals surface area (Å²) in [7, 11) is 2.82. The van der Waals surface area contributed by atoms with Crippen molar-refractivity contribution in [3.8, 4) is 0 Å². The van der Waals surface area contributed by atoms with Crippen molar-refractivity contribution >= 4 is 91.2 Å². The lowest BCUT2D eigenvalue weighted by Crippen LogP contribution is -2.39. The SMILES string of the molecule is CN(CC(O)CO)C(=O)c1c(I)c(C(=O)NCC(O)CO)c(I)c(N(C)C(=O)CO)c1I. The molecule has 6 N–H and O–H groups in total. The van der Waals surface area contributed by atoms with Crippen LogP contribution in [-0.4, -0.2) is 107 Å². The van der Waals surface area contributed by atoms with Gasteiger partial charge >= 0.3 is 0 Å². The number of benzene rings is 1. The van der Waals surface area contributed by atoms with Gasteiger partial charge in [-0.3, -0.25) is 14.4 Å². The third kappa shape index (κ3) is 7.06. The highest BCUT2D eigenvalue weighted by molar-refractivity contribution is 14.1. The maximum Gasteiger partial charge on any atom is 0.255 e. The van der Waals surface area contributed by atoms with Gasteiger partial charge in [0.05, 0.1) is 49.4 Å². The lowest BCUT2D eigenvalue weighted by atomic mass is 10.1. The number of hydrogen-bond acceptors (Lipinski definition) is 8. The molecule has 0 radical (unpaired) electrons. The number of nitrogens with zero attached hydrogens (tertiary/aromatic N) is 2. The van der Waals surface area contributed by atoms with E-state index in [1.54, 1.807) is 0 Å². The number of nitrogens with one attached hydrogen (secondary N) is 1. The molecule has 11 nitrogen and oxygen atoms in total. The van der Waals surface area contributed by atoms with E-state index in [4.69, 9.17) is 10.2 Å². The molecule has 0 aromatic heterocycles. The summed E-state index contributed by atoms with van der Waals surface area (Å²) in [6.07, 6.45) is -2.34. The summed E-state index contributed by atoms with van der Waals surface area (Å²) in [5, 5.41) is 49.1. The predicted octanol–water partition coefficient (Wildman–Crippen LogP) is -1.04. The van der Waals surface area contributed by atoms with Gasteiger partial charge in [0.25, 0.3) is 17.7 Å². The second kappa shape index (κ2) is 13.5. The van der Waals surface area contributed by atoms with Crippen LogP contribution in [0.1, 0.15) is 20.7 Å². The zero-order chi connectivity index (χ0) is 24.7. The van der Waals surface area contributed by atoms with E-state index in [0.717, 1.165) is 4.90 Å². The molecule has 0 spiro atoms. The van der Waals surface area contributed by atoms with Gasteiger partial charge in [0.2, 0.25) is 0 Å². The maximum atomic E-state index is 13.2. The van der Waals surface area contributed by atoms with Crippen LogP contribution in [0.25, 0.3) is 0 Å². The second-order valence-electron chi connectivity index (χ2n) is 6.72. The number of carbonyl (C=O) groups excluding carboxylic acids is 3. The monoisotopic (exact) mass is 791 g/mol. The summed E-state index contributed by atoms with van der Waals surface area (Å²) in [5.41, 5.74) is 0.404. The fourth-order valence-electron chi connectivity index (χ4n) is 2.57. The molecule has 0 bridgehead atoms.